The third kappa shape index (κ3) is 1.18. The first-order chi connectivity index (χ1) is 6.33. The number of aromatic nitrogens is 1. The third-order valence-corrected chi connectivity index (χ3v) is 2.08. The van der Waals surface area contributed by atoms with E-state index in [-0.39, 0.29) is 5.56 Å². The van der Waals surface area contributed by atoms with Crippen LogP contribution in [0.4, 0.5) is 5.69 Å². The summed E-state index contributed by atoms with van der Waals surface area (Å²) in [5.74, 6) is 0. The Labute approximate surface area is 75.4 Å². The van der Waals surface area contributed by atoms with Gasteiger partial charge >= 0.3 is 0 Å². The lowest BCUT2D eigenvalue weighted by Gasteiger charge is -2.03. The maximum atomic E-state index is 11.4. The molecule has 1 aromatic carbocycles. The molecule has 0 saturated carbocycles. The van der Waals surface area contributed by atoms with Crippen molar-refractivity contribution in [3.8, 4) is 0 Å². The Morgan fingerprint density at radius 2 is 2.08 bits per heavy atom. The molecule has 0 atom stereocenters. The summed E-state index contributed by atoms with van der Waals surface area (Å²) in [4.78, 5) is 14.0. The smallest absolute Gasteiger partial charge is 0.255 e. The number of aromatic amines is 1. The molecular weight excluding hydrogens is 164 g/mol. The van der Waals surface area contributed by atoms with Crippen LogP contribution in [0.5, 0.6) is 0 Å². The topological polar surface area (TPSA) is 44.9 Å². The summed E-state index contributed by atoms with van der Waals surface area (Å²) in [6.07, 6.45) is 1.66. The van der Waals surface area contributed by atoms with Crippen LogP contribution in [-0.2, 0) is 0 Å². The minimum absolute atomic E-state index is 0.0467. The molecule has 2 N–H and O–H groups in total. The van der Waals surface area contributed by atoms with Gasteiger partial charge in [0, 0.05) is 29.7 Å². The van der Waals surface area contributed by atoms with Crippen molar-refractivity contribution in [3.05, 3.63) is 40.8 Å². The standard InChI is InChI=1S/C10H10N2O/c1-11-9-4-2-3-8-7(9)5-6-12-10(8)13/h2-6,11H,1H3,(H,12,13). The fraction of sp³-hybridized carbons (Fsp3) is 0.100. The van der Waals surface area contributed by atoms with Gasteiger partial charge in [0.05, 0.1) is 0 Å². The Bertz CT molecular complexity index is 487. The molecule has 1 aromatic heterocycles. The van der Waals surface area contributed by atoms with Crippen molar-refractivity contribution in [2.75, 3.05) is 12.4 Å². The van der Waals surface area contributed by atoms with Crippen molar-refractivity contribution in [3.63, 3.8) is 0 Å². The first kappa shape index (κ1) is 7.86. The minimum atomic E-state index is -0.0467. The van der Waals surface area contributed by atoms with Crippen LogP contribution in [0.25, 0.3) is 10.8 Å². The molecule has 2 rings (SSSR count). The molecule has 66 valence electrons. The highest BCUT2D eigenvalue weighted by atomic mass is 16.1. The van der Waals surface area contributed by atoms with Gasteiger partial charge in [0.25, 0.3) is 5.56 Å². The summed E-state index contributed by atoms with van der Waals surface area (Å²) in [5, 5.41) is 4.71. The summed E-state index contributed by atoms with van der Waals surface area (Å²) >= 11 is 0. The number of H-pyrrole nitrogens is 1. The van der Waals surface area contributed by atoms with E-state index in [1.165, 1.54) is 0 Å². The highest BCUT2D eigenvalue weighted by Crippen LogP contribution is 2.18. The van der Waals surface area contributed by atoms with Gasteiger partial charge in [-0.05, 0) is 18.2 Å². The number of benzene rings is 1. The molecule has 0 bridgehead atoms. The molecule has 3 nitrogen and oxygen atoms in total. The Kier molecular flexibility index (Phi) is 1.77. The normalized spacial score (nSPS) is 10.2. The van der Waals surface area contributed by atoms with E-state index in [1.54, 1.807) is 6.20 Å². The fourth-order valence-electron chi connectivity index (χ4n) is 1.44. The van der Waals surface area contributed by atoms with Gasteiger partial charge in [-0.15, -0.1) is 0 Å². The summed E-state index contributed by atoms with van der Waals surface area (Å²) < 4.78 is 0. The van der Waals surface area contributed by atoms with Crippen LogP contribution in [-0.4, -0.2) is 12.0 Å². The fourth-order valence-corrected chi connectivity index (χ4v) is 1.44. The molecule has 0 aliphatic rings. The highest BCUT2D eigenvalue weighted by Gasteiger charge is 2.00. The second-order valence-corrected chi connectivity index (χ2v) is 2.82. The molecular formula is C10H10N2O. The second-order valence-electron chi connectivity index (χ2n) is 2.82. The number of anilines is 1. The van der Waals surface area contributed by atoms with Crippen LogP contribution in [0.1, 0.15) is 0 Å². The molecule has 0 unspecified atom stereocenters. The molecule has 2 aromatic rings. The van der Waals surface area contributed by atoms with E-state index < -0.39 is 0 Å². The van der Waals surface area contributed by atoms with Gasteiger partial charge in [-0.1, -0.05) is 6.07 Å². The minimum Gasteiger partial charge on any atom is -0.388 e. The Balaban J connectivity index is 2.92. The molecule has 13 heavy (non-hydrogen) atoms. The van der Waals surface area contributed by atoms with E-state index >= 15 is 0 Å². The highest BCUT2D eigenvalue weighted by molar-refractivity contribution is 5.92. The van der Waals surface area contributed by atoms with E-state index in [0.717, 1.165) is 11.1 Å². The van der Waals surface area contributed by atoms with Crippen molar-refractivity contribution in [1.82, 2.24) is 4.98 Å². The van der Waals surface area contributed by atoms with Gasteiger partial charge in [0.15, 0.2) is 0 Å². The van der Waals surface area contributed by atoms with E-state index in [0.29, 0.717) is 5.39 Å². The zero-order valence-electron chi connectivity index (χ0n) is 7.29. The Morgan fingerprint density at radius 3 is 2.85 bits per heavy atom. The van der Waals surface area contributed by atoms with Crippen molar-refractivity contribution >= 4 is 16.5 Å². The van der Waals surface area contributed by atoms with Crippen molar-refractivity contribution in [2.24, 2.45) is 0 Å². The Hall–Kier alpha value is -1.77. The summed E-state index contributed by atoms with van der Waals surface area (Å²) in [7, 11) is 1.84. The molecule has 3 heteroatoms. The van der Waals surface area contributed by atoms with Gasteiger partial charge < -0.3 is 10.3 Å². The van der Waals surface area contributed by atoms with Gasteiger partial charge in [-0.3, -0.25) is 4.79 Å². The Morgan fingerprint density at radius 1 is 1.23 bits per heavy atom. The lowest BCUT2D eigenvalue weighted by Crippen LogP contribution is -2.05. The van der Waals surface area contributed by atoms with Gasteiger partial charge in [-0.2, -0.15) is 0 Å². The number of rotatable bonds is 1. The molecule has 0 aliphatic heterocycles. The number of nitrogens with one attached hydrogen (secondary N) is 2. The summed E-state index contributed by atoms with van der Waals surface area (Å²) in [6.45, 7) is 0. The molecule has 0 amide bonds. The van der Waals surface area contributed by atoms with E-state index in [4.69, 9.17) is 0 Å². The molecule has 0 aliphatic carbocycles. The van der Waals surface area contributed by atoms with Gasteiger partial charge in [-0.25, -0.2) is 0 Å². The number of hydrogen-bond acceptors (Lipinski definition) is 2. The van der Waals surface area contributed by atoms with Crippen molar-refractivity contribution in [1.29, 1.82) is 0 Å². The molecule has 1 heterocycles. The SMILES string of the molecule is CNc1cccc2c(=O)[nH]ccc12. The largest absolute Gasteiger partial charge is 0.388 e. The lowest BCUT2D eigenvalue weighted by atomic mass is 10.1. The molecule has 0 spiro atoms. The van der Waals surface area contributed by atoms with E-state index in [2.05, 4.69) is 10.3 Å². The third-order valence-electron chi connectivity index (χ3n) is 2.08. The van der Waals surface area contributed by atoms with Crippen LogP contribution >= 0.6 is 0 Å². The first-order valence-electron chi connectivity index (χ1n) is 4.11. The predicted octanol–water partition coefficient (Wildman–Crippen LogP) is 1.57. The summed E-state index contributed by atoms with van der Waals surface area (Å²) in [5.41, 5.74) is 0.929. The van der Waals surface area contributed by atoms with E-state index in [1.807, 2.05) is 31.3 Å². The monoisotopic (exact) mass is 174 g/mol. The zero-order valence-corrected chi connectivity index (χ0v) is 7.29. The van der Waals surface area contributed by atoms with Gasteiger partial charge in [0.1, 0.15) is 0 Å². The number of hydrogen-bond donors (Lipinski definition) is 2. The van der Waals surface area contributed by atoms with Crippen molar-refractivity contribution < 1.29 is 0 Å². The first-order valence-corrected chi connectivity index (χ1v) is 4.11. The lowest BCUT2D eigenvalue weighted by molar-refractivity contribution is 1.28. The summed E-state index contributed by atoms with van der Waals surface area (Å²) in [6, 6.07) is 7.52. The molecule has 0 radical (unpaired) electrons. The van der Waals surface area contributed by atoms with Crippen LogP contribution < -0.4 is 10.9 Å². The average Bonchev–Trinajstić information content (AvgIpc) is 2.18. The van der Waals surface area contributed by atoms with E-state index in [9.17, 15) is 4.79 Å². The van der Waals surface area contributed by atoms with Crippen LogP contribution in [0.2, 0.25) is 0 Å². The molecule has 0 fully saturated rings. The van der Waals surface area contributed by atoms with Crippen LogP contribution in [0.3, 0.4) is 0 Å². The second kappa shape index (κ2) is 2.94. The van der Waals surface area contributed by atoms with Gasteiger partial charge in [0.2, 0.25) is 0 Å². The molecule has 0 saturated heterocycles. The number of fused-ring (bicyclic) bond motifs is 1. The van der Waals surface area contributed by atoms with Crippen LogP contribution in [0.15, 0.2) is 35.3 Å². The maximum absolute atomic E-state index is 11.4. The average molecular weight is 174 g/mol. The van der Waals surface area contributed by atoms with Crippen molar-refractivity contribution in [2.45, 2.75) is 0 Å². The predicted molar refractivity (Wildman–Crippen MR) is 54.1 cm³/mol. The van der Waals surface area contributed by atoms with Crippen LogP contribution in [0, 0.1) is 0 Å². The quantitative estimate of drug-likeness (QED) is 0.689. The maximum Gasteiger partial charge on any atom is 0.255 e. The number of pyridine rings is 1. The zero-order chi connectivity index (χ0) is 9.26.